The number of amides is 2. The van der Waals surface area contributed by atoms with E-state index in [9.17, 15) is 9.59 Å². The second kappa shape index (κ2) is 11.0. The van der Waals surface area contributed by atoms with E-state index in [1.165, 1.54) is 0 Å². The molecule has 0 spiro atoms. The first kappa shape index (κ1) is 27.0. The molecule has 0 aliphatic carbocycles. The SMILES string of the molecule is CC(C)Oc1c(C(=O)N(C(C)C)C(C)C)cc(C(C)C)cc1C(=O)N(C(C)C)C(C)C. The van der Waals surface area contributed by atoms with Crippen molar-refractivity contribution in [3.05, 3.63) is 28.8 Å². The molecule has 0 radical (unpaired) electrons. The van der Waals surface area contributed by atoms with Gasteiger partial charge in [-0.25, -0.2) is 0 Å². The summed E-state index contributed by atoms with van der Waals surface area (Å²) < 4.78 is 6.18. The van der Waals surface area contributed by atoms with Gasteiger partial charge in [0.25, 0.3) is 11.8 Å². The van der Waals surface area contributed by atoms with Gasteiger partial charge in [-0.15, -0.1) is 0 Å². The molecule has 0 saturated heterocycles. The van der Waals surface area contributed by atoms with Gasteiger partial charge in [-0.3, -0.25) is 9.59 Å². The number of benzene rings is 1. The van der Waals surface area contributed by atoms with Gasteiger partial charge in [0.2, 0.25) is 0 Å². The molecule has 5 nitrogen and oxygen atoms in total. The van der Waals surface area contributed by atoms with Crippen molar-refractivity contribution >= 4 is 11.8 Å². The lowest BCUT2D eigenvalue weighted by Gasteiger charge is -2.34. The van der Waals surface area contributed by atoms with Gasteiger partial charge in [0.05, 0.1) is 17.2 Å². The van der Waals surface area contributed by atoms with Crippen molar-refractivity contribution in [2.75, 3.05) is 0 Å². The van der Waals surface area contributed by atoms with Crippen LogP contribution in [0.25, 0.3) is 0 Å². The lowest BCUT2D eigenvalue weighted by Crippen LogP contribution is -2.43. The van der Waals surface area contributed by atoms with Gasteiger partial charge in [-0.1, -0.05) is 13.8 Å². The molecule has 1 rings (SSSR count). The van der Waals surface area contributed by atoms with Crippen LogP contribution in [0.15, 0.2) is 12.1 Å². The molecule has 0 aromatic heterocycles. The Morgan fingerprint density at radius 3 is 1.19 bits per heavy atom. The van der Waals surface area contributed by atoms with E-state index >= 15 is 0 Å². The van der Waals surface area contributed by atoms with Crippen LogP contribution >= 0.6 is 0 Å². The van der Waals surface area contributed by atoms with Crippen molar-refractivity contribution in [3.63, 3.8) is 0 Å². The lowest BCUT2D eigenvalue weighted by atomic mass is 9.94. The molecule has 0 unspecified atom stereocenters. The minimum Gasteiger partial charge on any atom is -0.489 e. The third kappa shape index (κ3) is 6.47. The second-order valence-corrected chi connectivity index (χ2v) is 10.1. The van der Waals surface area contributed by atoms with Crippen LogP contribution in [0, 0.1) is 0 Å². The summed E-state index contributed by atoms with van der Waals surface area (Å²) in [6, 6.07) is 3.95. The normalized spacial score (nSPS) is 11.9. The fourth-order valence-electron chi connectivity index (χ4n) is 4.07. The van der Waals surface area contributed by atoms with Crippen LogP contribution in [0.3, 0.4) is 0 Å². The molecule has 0 aliphatic rings. The van der Waals surface area contributed by atoms with Gasteiger partial charge in [0.1, 0.15) is 5.75 Å². The topological polar surface area (TPSA) is 49.9 Å². The number of carbonyl (C=O) groups excluding carboxylic acids is 2. The van der Waals surface area contributed by atoms with Crippen LogP contribution < -0.4 is 4.74 Å². The summed E-state index contributed by atoms with van der Waals surface area (Å²) in [5, 5.41) is 0. The predicted octanol–water partition coefficient (Wildman–Crippen LogP) is 6.12. The monoisotopic (exact) mass is 432 g/mol. The molecule has 31 heavy (non-hydrogen) atoms. The fourth-order valence-corrected chi connectivity index (χ4v) is 4.07. The summed E-state index contributed by atoms with van der Waals surface area (Å²) in [5.41, 5.74) is 1.90. The maximum Gasteiger partial charge on any atom is 0.258 e. The van der Waals surface area contributed by atoms with Crippen LogP contribution in [0.5, 0.6) is 5.75 Å². The van der Waals surface area contributed by atoms with Gasteiger partial charge < -0.3 is 14.5 Å². The van der Waals surface area contributed by atoms with Crippen LogP contribution in [-0.4, -0.2) is 51.9 Å². The molecule has 0 saturated carbocycles. The molecule has 176 valence electrons. The Hall–Kier alpha value is -2.04. The second-order valence-electron chi connectivity index (χ2n) is 10.1. The quantitative estimate of drug-likeness (QED) is 0.473. The van der Waals surface area contributed by atoms with Gasteiger partial charge >= 0.3 is 0 Å². The standard InChI is InChI=1S/C26H44N2O3/c1-15(2)21-13-22(25(29)27(16(3)4)17(5)6)24(31-20(11)12)23(14-21)26(30)28(18(7)8)19(9)10/h13-20H,1-12H3. The average molecular weight is 433 g/mol. The Morgan fingerprint density at radius 2 is 0.968 bits per heavy atom. The molecule has 1 aromatic carbocycles. The summed E-state index contributed by atoms with van der Waals surface area (Å²) >= 11 is 0. The van der Waals surface area contributed by atoms with E-state index in [1.807, 2.05) is 91.2 Å². The molecule has 0 heterocycles. The van der Waals surface area contributed by atoms with Gasteiger partial charge in [-0.05, 0) is 92.9 Å². The number of ether oxygens (including phenoxy) is 1. The molecule has 0 aliphatic heterocycles. The van der Waals surface area contributed by atoms with Crippen molar-refractivity contribution in [1.29, 1.82) is 0 Å². The van der Waals surface area contributed by atoms with Gasteiger partial charge in [-0.2, -0.15) is 0 Å². The lowest BCUT2D eigenvalue weighted by molar-refractivity contribution is 0.0631. The van der Waals surface area contributed by atoms with Crippen molar-refractivity contribution in [3.8, 4) is 5.75 Å². The van der Waals surface area contributed by atoms with Crippen LogP contribution in [0.4, 0.5) is 0 Å². The van der Waals surface area contributed by atoms with Crippen LogP contribution in [0.1, 0.15) is 115 Å². The highest BCUT2D eigenvalue weighted by Crippen LogP contribution is 2.33. The molecule has 1 aromatic rings. The first-order chi connectivity index (χ1) is 14.2. The summed E-state index contributed by atoms with van der Waals surface area (Å²) in [7, 11) is 0. The highest BCUT2D eigenvalue weighted by Gasteiger charge is 2.32. The maximum absolute atomic E-state index is 13.7. The first-order valence-electron chi connectivity index (χ1n) is 11.7. The molecule has 0 fully saturated rings. The Kier molecular flexibility index (Phi) is 9.59. The fraction of sp³-hybridized carbons (Fsp3) is 0.692. The molecule has 0 N–H and O–H groups in total. The van der Waals surface area contributed by atoms with E-state index in [0.717, 1.165) is 5.56 Å². The zero-order chi connectivity index (χ0) is 24.2. The third-order valence-electron chi connectivity index (χ3n) is 5.29. The number of carbonyl (C=O) groups is 2. The summed E-state index contributed by atoms with van der Waals surface area (Å²) in [5.74, 6) is 0.368. The summed E-state index contributed by atoms with van der Waals surface area (Å²) in [6.07, 6.45) is -0.166. The molecule has 5 heteroatoms. The highest BCUT2D eigenvalue weighted by atomic mass is 16.5. The first-order valence-corrected chi connectivity index (χ1v) is 11.7. The maximum atomic E-state index is 13.7. The summed E-state index contributed by atoms with van der Waals surface area (Å²) in [6.45, 7) is 24.1. The summed E-state index contributed by atoms with van der Waals surface area (Å²) in [4.78, 5) is 31.2. The number of rotatable bonds is 9. The van der Waals surface area contributed by atoms with Crippen molar-refractivity contribution in [2.45, 2.75) is 119 Å². The minimum absolute atomic E-state index is 0.0316. The van der Waals surface area contributed by atoms with Crippen LogP contribution in [-0.2, 0) is 0 Å². The highest BCUT2D eigenvalue weighted by molar-refractivity contribution is 6.04. The van der Waals surface area contributed by atoms with Gasteiger partial charge in [0, 0.05) is 24.2 Å². The van der Waals surface area contributed by atoms with Crippen molar-refractivity contribution in [1.82, 2.24) is 9.80 Å². The Morgan fingerprint density at radius 1 is 0.645 bits per heavy atom. The molecular formula is C26H44N2O3. The number of nitrogens with zero attached hydrogens (tertiary/aromatic N) is 2. The zero-order valence-electron chi connectivity index (χ0n) is 21.7. The third-order valence-corrected chi connectivity index (χ3v) is 5.29. The smallest absolute Gasteiger partial charge is 0.258 e. The van der Waals surface area contributed by atoms with Crippen molar-refractivity contribution < 1.29 is 14.3 Å². The largest absolute Gasteiger partial charge is 0.489 e. The average Bonchev–Trinajstić information content (AvgIpc) is 2.59. The van der Waals surface area contributed by atoms with E-state index in [0.29, 0.717) is 16.9 Å². The minimum atomic E-state index is -0.166. The number of hydrogen-bond donors (Lipinski definition) is 0. The van der Waals surface area contributed by atoms with E-state index in [2.05, 4.69) is 13.8 Å². The van der Waals surface area contributed by atoms with E-state index in [4.69, 9.17) is 4.74 Å². The van der Waals surface area contributed by atoms with E-state index in [1.54, 1.807) is 0 Å². The van der Waals surface area contributed by atoms with Gasteiger partial charge in [0.15, 0.2) is 0 Å². The van der Waals surface area contributed by atoms with Crippen molar-refractivity contribution in [2.24, 2.45) is 0 Å². The Bertz CT molecular complexity index is 695. The van der Waals surface area contributed by atoms with E-state index in [-0.39, 0.29) is 48.0 Å². The molecule has 0 bridgehead atoms. The Labute approximate surface area is 190 Å². The molecule has 0 atom stereocenters. The Balaban J connectivity index is 3.88. The van der Waals surface area contributed by atoms with Crippen LogP contribution in [0.2, 0.25) is 0 Å². The zero-order valence-corrected chi connectivity index (χ0v) is 21.7. The predicted molar refractivity (Wildman–Crippen MR) is 129 cm³/mol. The number of hydrogen-bond acceptors (Lipinski definition) is 3. The van der Waals surface area contributed by atoms with E-state index < -0.39 is 0 Å². The molecular weight excluding hydrogens is 388 g/mol. The molecule has 2 amide bonds.